The largest absolute Gasteiger partial charge is 0.490 e. The number of benzene rings is 3. The van der Waals surface area contributed by atoms with Crippen LogP contribution in [0.4, 0.5) is 0 Å². The highest BCUT2D eigenvalue weighted by molar-refractivity contribution is 6.35. The molecule has 1 amide bonds. The van der Waals surface area contributed by atoms with E-state index in [1.807, 2.05) is 6.92 Å². The van der Waals surface area contributed by atoms with Crippen LogP contribution < -0.4 is 19.6 Å². The van der Waals surface area contributed by atoms with Crippen molar-refractivity contribution in [2.24, 2.45) is 5.10 Å². The van der Waals surface area contributed by atoms with Crippen molar-refractivity contribution >= 4 is 46.9 Å². The Kier molecular flexibility index (Phi) is 9.85. The third-order valence-electron chi connectivity index (χ3n) is 4.60. The standard InChI is InChI=1S/C26H23Cl3N2O4/c1-3-11-34-24-9-6-17(13-25(24)33-4-2)26(32)31-30-15-19-12-20(27)8-10-23(19)35-16-18-5-7-21(28)14-22(18)29/h3,5-10,12-15H,1,4,11,16H2,2H3,(H,31,32)/b30-15+. The van der Waals surface area contributed by atoms with Gasteiger partial charge in [0.1, 0.15) is 19.0 Å². The van der Waals surface area contributed by atoms with E-state index in [9.17, 15) is 4.79 Å². The van der Waals surface area contributed by atoms with Crippen molar-refractivity contribution in [3.05, 3.63) is 99.0 Å². The van der Waals surface area contributed by atoms with Crippen molar-refractivity contribution in [3.8, 4) is 17.2 Å². The summed E-state index contributed by atoms with van der Waals surface area (Å²) in [5.41, 5.74) is 4.20. The topological polar surface area (TPSA) is 69.2 Å². The van der Waals surface area contributed by atoms with Crippen LogP contribution >= 0.6 is 34.8 Å². The molecule has 3 aromatic carbocycles. The van der Waals surface area contributed by atoms with Crippen LogP contribution in [0.25, 0.3) is 0 Å². The van der Waals surface area contributed by atoms with Crippen molar-refractivity contribution in [2.75, 3.05) is 13.2 Å². The summed E-state index contributed by atoms with van der Waals surface area (Å²) in [7, 11) is 0. The smallest absolute Gasteiger partial charge is 0.271 e. The van der Waals surface area contributed by atoms with Gasteiger partial charge < -0.3 is 14.2 Å². The molecule has 0 fully saturated rings. The minimum Gasteiger partial charge on any atom is -0.490 e. The fourth-order valence-electron chi connectivity index (χ4n) is 2.96. The molecule has 9 heteroatoms. The second-order valence-corrected chi connectivity index (χ2v) is 8.38. The van der Waals surface area contributed by atoms with E-state index < -0.39 is 5.91 Å². The van der Waals surface area contributed by atoms with Gasteiger partial charge in [-0.2, -0.15) is 5.10 Å². The number of carbonyl (C=O) groups is 1. The molecular formula is C26H23Cl3N2O4. The molecule has 0 atom stereocenters. The van der Waals surface area contributed by atoms with Crippen LogP contribution in [0.15, 0.2) is 72.4 Å². The lowest BCUT2D eigenvalue weighted by molar-refractivity contribution is 0.0954. The van der Waals surface area contributed by atoms with E-state index in [1.54, 1.807) is 60.7 Å². The Balaban J connectivity index is 1.70. The number of nitrogens with zero attached hydrogens (tertiary/aromatic N) is 1. The Bertz CT molecular complexity index is 1230. The minimum absolute atomic E-state index is 0.214. The molecule has 1 N–H and O–H groups in total. The summed E-state index contributed by atoms with van der Waals surface area (Å²) in [4.78, 5) is 12.6. The Hall–Kier alpha value is -3.19. The van der Waals surface area contributed by atoms with E-state index in [-0.39, 0.29) is 6.61 Å². The Morgan fingerprint density at radius 2 is 1.69 bits per heavy atom. The van der Waals surface area contributed by atoms with Crippen LogP contribution in [0.5, 0.6) is 17.2 Å². The number of carbonyl (C=O) groups excluding carboxylic acids is 1. The average Bonchev–Trinajstić information content (AvgIpc) is 2.83. The molecule has 35 heavy (non-hydrogen) atoms. The summed E-state index contributed by atoms with van der Waals surface area (Å²) in [6.07, 6.45) is 3.08. The van der Waals surface area contributed by atoms with Crippen LogP contribution in [0, 0.1) is 0 Å². The number of amides is 1. The van der Waals surface area contributed by atoms with Gasteiger partial charge in [0.25, 0.3) is 5.91 Å². The van der Waals surface area contributed by atoms with E-state index in [2.05, 4.69) is 17.1 Å². The second kappa shape index (κ2) is 13.0. The molecule has 0 bridgehead atoms. The zero-order valence-electron chi connectivity index (χ0n) is 18.9. The van der Waals surface area contributed by atoms with Crippen molar-refractivity contribution in [2.45, 2.75) is 13.5 Å². The van der Waals surface area contributed by atoms with Gasteiger partial charge in [0, 0.05) is 31.8 Å². The molecule has 0 aliphatic rings. The van der Waals surface area contributed by atoms with E-state index in [1.165, 1.54) is 6.21 Å². The maximum Gasteiger partial charge on any atom is 0.271 e. The molecule has 0 unspecified atom stereocenters. The number of hydrogen-bond acceptors (Lipinski definition) is 5. The maximum atomic E-state index is 12.6. The monoisotopic (exact) mass is 532 g/mol. The van der Waals surface area contributed by atoms with E-state index in [4.69, 9.17) is 49.0 Å². The summed E-state index contributed by atoms with van der Waals surface area (Å²) in [6.45, 7) is 6.43. The molecule has 0 aromatic heterocycles. The maximum absolute atomic E-state index is 12.6. The predicted molar refractivity (Wildman–Crippen MR) is 141 cm³/mol. The van der Waals surface area contributed by atoms with Crippen LogP contribution in [0.2, 0.25) is 15.1 Å². The first-order valence-electron chi connectivity index (χ1n) is 10.6. The van der Waals surface area contributed by atoms with Gasteiger partial charge in [-0.3, -0.25) is 4.79 Å². The molecule has 0 spiro atoms. The molecule has 3 rings (SSSR count). The molecule has 0 aliphatic heterocycles. The van der Waals surface area contributed by atoms with Gasteiger partial charge in [-0.1, -0.05) is 53.5 Å². The molecule has 0 aliphatic carbocycles. The zero-order chi connectivity index (χ0) is 25.2. The van der Waals surface area contributed by atoms with Gasteiger partial charge in [0.15, 0.2) is 11.5 Å². The summed E-state index contributed by atoms with van der Waals surface area (Å²) in [6, 6.07) is 15.1. The first kappa shape index (κ1) is 26.4. The molecule has 0 saturated carbocycles. The van der Waals surface area contributed by atoms with Gasteiger partial charge in [0.05, 0.1) is 12.8 Å². The van der Waals surface area contributed by atoms with Crippen molar-refractivity contribution in [1.29, 1.82) is 0 Å². The third kappa shape index (κ3) is 7.65. The number of halogens is 3. The number of ether oxygens (including phenoxy) is 3. The second-order valence-electron chi connectivity index (χ2n) is 7.10. The average molecular weight is 534 g/mol. The Morgan fingerprint density at radius 1 is 0.943 bits per heavy atom. The summed E-state index contributed by atoms with van der Waals surface area (Å²) in [5.74, 6) is 1.07. The van der Waals surface area contributed by atoms with E-state index >= 15 is 0 Å². The fraction of sp³-hybridized carbons (Fsp3) is 0.154. The molecule has 0 heterocycles. The summed E-state index contributed by atoms with van der Waals surface area (Å²) in [5, 5.41) is 5.60. The lowest BCUT2D eigenvalue weighted by Crippen LogP contribution is -2.18. The normalized spacial score (nSPS) is 10.7. The molecule has 3 aromatic rings. The summed E-state index contributed by atoms with van der Waals surface area (Å²) >= 11 is 18.3. The van der Waals surface area contributed by atoms with E-state index in [0.717, 1.165) is 5.56 Å². The van der Waals surface area contributed by atoms with Crippen LogP contribution in [-0.4, -0.2) is 25.3 Å². The molecule has 0 saturated heterocycles. The first-order chi connectivity index (χ1) is 16.9. The SMILES string of the molecule is C=CCOc1ccc(C(=O)N/N=C/c2cc(Cl)ccc2OCc2ccc(Cl)cc2Cl)cc1OCC. The zero-order valence-corrected chi connectivity index (χ0v) is 21.2. The van der Waals surface area contributed by atoms with Crippen molar-refractivity contribution < 1.29 is 19.0 Å². The predicted octanol–water partition coefficient (Wildman–Crippen LogP) is 6.95. The Morgan fingerprint density at radius 3 is 2.43 bits per heavy atom. The minimum atomic E-state index is -0.421. The lowest BCUT2D eigenvalue weighted by Gasteiger charge is -2.12. The molecule has 182 valence electrons. The highest BCUT2D eigenvalue weighted by Crippen LogP contribution is 2.29. The molecule has 6 nitrogen and oxygen atoms in total. The molecule has 0 radical (unpaired) electrons. The quantitative estimate of drug-likeness (QED) is 0.164. The number of nitrogens with one attached hydrogen (secondary N) is 1. The van der Waals surface area contributed by atoms with Crippen LogP contribution in [0.1, 0.15) is 28.4 Å². The highest BCUT2D eigenvalue weighted by Gasteiger charge is 2.12. The molecular weight excluding hydrogens is 511 g/mol. The lowest BCUT2D eigenvalue weighted by atomic mass is 10.2. The van der Waals surface area contributed by atoms with Crippen LogP contribution in [0.3, 0.4) is 0 Å². The summed E-state index contributed by atoms with van der Waals surface area (Å²) < 4.78 is 17.0. The van der Waals surface area contributed by atoms with Gasteiger partial charge in [0.2, 0.25) is 0 Å². The number of rotatable bonds is 11. The van der Waals surface area contributed by atoms with Gasteiger partial charge in [-0.15, -0.1) is 0 Å². The van der Waals surface area contributed by atoms with Crippen LogP contribution in [-0.2, 0) is 6.61 Å². The van der Waals surface area contributed by atoms with Gasteiger partial charge in [-0.05, 0) is 55.5 Å². The fourth-order valence-corrected chi connectivity index (χ4v) is 3.60. The van der Waals surface area contributed by atoms with Gasteiger partial charge >= 0.3 is 0 Å². The van der Waals surface area contributed by atoms with Crippen molar-refractivity contribution in [1.82, 2.24) is 5.43 Å². The van der Waals surface area contributed by atoms with Gasteiger partial charge in [-0.25, -0.2) is 5.43 Å². The first-order valence-corrected chi connectivity index (χ1v) is 11.7. The Labute approximate surface area is 219 Å². The van der Waals surface area contributed by atoms with E-state index in [0.29, 0.717) is 56.7 Å². The van der Waals surface area contributed by atoms with Crippen molar-refractivity contribution in [3.63, 3.8) is 0 Å². The number of hydrazone groups is 1. The third-order valence-corrected chi connectivity index (χ3v) is 5.42. The number of hydrogen-bond donors (Lipinski definition) is 1. The highest BCUT2D eigenvalue weighted by atomic mass is 35.5.